The summed E-state index contributed by atoms with van der Waals surface area (Å²) in [7, 11) is 0. The van der Waals surface area contributed by atoms with Gasteiger partial charge in [0.25, 0.3) is 0 Å². The first-order valence-corrected chi connectivity index (χ1v) is 6.59. The molecule has 0 saturated heterocycles. The van der Waals surface area contributed by atoms with E-state index in [0.717, 1.165) is 18.2 Å². The summed E-state index contributed by atoms with van der Waals surface area (Å²) in [6.07, 6.45) is 4.29. The molecule has 0 aliphatic heterocycles. The van der Waals surface area contributed by atoms with E-state index in [1.165, 1.54) is 24.0 Å². The second kappa shape index (κ2) is 4.94. The lowest BCUT2D eigenvalue weighted by atomic mass is 9.75. The zero-order valence-corrected chi connectivity index (χ0v) is 10.7. The summed E-state index contributed by atoms with van der Waals surface area (Å²) in [6.45, 7) is 3.06. The van der Waals surface area contributed by atoms with Crippen molar-refractivity contribution < 1.29 is 0 Å². The summed E-state index contributed by atoms with van der Waals surface area (Å²) < 4.78 is 0. The third-order valence-corrected chi connectivity index (χ3v) is 3.79. The zero-order valence-electron chi connectivity index (χ0n) is 10.7. The van der Waals surface area contributed by atoms with E-state index in [1.807, 2.05) is 6.07 Å². The van der Waals surface area contributed by atoms with Crippen molar-refractivity contribution in [1.82, 2.24) is 15.5 Å². The largest absolute Gasteiger partial charge is 0.308 e. The van der Waals surface area contributed by atoms with Gasteiger partial charge in [-0.1, -0.05) is 29.8 Å². The van der Waals surface area contributed by atoms with Gasteiger partial charge in [-0.15, -0.1) is 0 Å². The van der Waals surface area contributed by atoms with Crippen LogP contribution in [0.5, 0.6) is 0 Å². The van der Waals surface area contributed by atoms with Gasteiger partial charge >= 0.3 is 0 Å². The average molecular weight is 241 g/mol. The lowest BCUT2D eigenvalue weighted by Crippen LogP contribution is -2.39. The van der Waals surface area contributed by atoms with E-state index < -0.39 is 0 Å². The first-order chi connectivity index (χ1) is 8.81. The first kappa shape index (κ1) is 11.5. The van der Waals surface area contributed by atoms with E-state index in [-0.39, 0.29) is 0 Å². The molecular formula is C15H19N3. The highest BCUT2D eigenvalue weighted by molar-refractivity contribution is 5.27. The summed E-state index contributed by atoms with van der Waals surface area (Å²) >= 11 is 0. The summed E-state index contributed by atoms with van der Waals surface area (Å²) in [5.41, 5.74) is 4.02. The smallest absolute Gasteiger partial charge is 0.0490 e. The Labute approximate surface area is 108 Å². The van der Waals surface area contributed by atoms with E-state index >= 15 is 0 Å². The molecular weight excluding hydrogens is 222 g/mol. The third kappa shape index (κ3) is 2.46. The van der Waals surface area contributed by atoms with Crippen LogP contribution in [-0.2, 0) is 6.54 Å². The van der Waals surface area contributed by atoms with Crippen molar-refractivity contribution in [3.05, 3.63) is 53.3 Å². The predicted octanol–water partition coefficient (Wildman–Crippen LogP) is 2.75. The van der Waals surface area contributed by atoms with Gasteiger partial charge in [-0.05, 0) is 37.3 Å². The van der Waals surface area contributed by atoms with Crippen LogP contribution in [0.15, 0.2) is 36.5 Å². The summed E-state index contributed by atoms with van der Waals surface area (Å²) in [5.74, 6) is 0.740. The highest BCUT2D eigenvalue weighted by Gasteiger charge is 2.29. The average Bonchev–Trinajstić information content (AvgIpc) is 2.80. The molecule has 1 aromatic heterocycles. The molecule has 1 aromatic carbocycles. The fraction of sp³-hybridized carbons (Fsp3) is 0.400. The molecule has 1 fully saturated rings. The van der Waals surface area contributed by atoms with Crippen molar-refractivity contribution >= 4 is 0 Å². The second-order valence-corrected chi connectivity index (χ2v) is 5.24. The maximum atomic E-state index is 3.95. The topological polar surface area (TPSA) is 40.7 Å². The van der Waals surface area contributed by atoms with Crippen molar-refractivity contribution in [2.24, 2.45) is 0 Å². The van der Waals surface area contributed by atoms with E-state index in [1.54, 1.807) is 6.20 Å². The minimum atomic E-state index is 0.652. The number of nitrogens with zero attached hydrogens (tertiary/aromatic N) is 1. The summed E-state index contributed by atoms with van der Waals surface area (Å²) in [5, 5.41) is 10.5. The molecule has 94 valence electrons. The molecule has 1 aliphatic carbocycles. The van der Waals surface area contributed by atoms with Crippen LogP contribution in [0.4, 0.5) is 0 Å². The van der Waals surface area contributed by atoms with Crippen molar-refractivity contribution in [2.75, 3.05) is 0 Å². The summed E-state index contributed by atoms with van der Waals surface area (Å²) in [6, 6.07) is 11.6. The van der Waals surface area contributed by atoms with E-state index in [4.69, 9.17) is 0 Å². The van der Waals surface area contributed by atoms with Crippen molar-refractivity contribution in [2.45, 2.75) is 38.3 Å². The first-order valence-electron chi connectivity index (χ1n) is 6.59. The van der Waals surface area contributed by atoms with Gasteiger partial charge in [0.1, 0.15) is 0 Å². The molecule has 3 nitrogen and oxygen atoms in total. The maximum absolute atomic E-state index is 3.95. The van der Waals surface area contributed by atoms with Gasteiger partial charge in [0.15, 0.2) is 0 Å². The Kier molecular flexibility index (Phi) is 3.15. The van der Waals surface area contributed by atoms with Crippen molar-refractivity contribution in [3.63, 3.8) is 0 Å². The molecule has 18 heavy (non-hydrogen) atoms. The van der Waals surface area contributed by atoms with Gasteiger partial charge in [-0.3, -0.25) is 5.10 Å². The highest BCUT2D eigenvalue weighted by atomic mass is 15.1. The third-order valence-electron chi connectivity index (χ3n) is 3.79. The van der Waals surface area contributed by atoms with Gasteiger partial charge in [0, 0.05) is 24.5 Å². The van der Waals surface area contributed by atoms with Gasteiger partial charge < -0.3 is 5.32 Å². The molecule has 0 unspecified atom stereocenters. The molecule has 2 N–H and O–H groups in total. The van der Waals surface area contributed by atoms with Crippen LogP contribution in [0.1, 0.15) is 35.6 Å². The lowest BCUT2D eigenvalue weighted by Gasteiger charge is -2.36. The van der Waals surface area contributed by atoms with Crippen LogP contribution in [-0.4, -0.2) is 16.2 Å². The van der Waals surface area contributed by atoms with E-state index in [0.29, 0.717) is 6.04 Å². The number of aryl methyl sites for hydroxylation is 1. The quantitative estimate of drug-likeness (QED) is 0.864. The molecule has 0 bridgehead atoms. The highest BCUT2D eigenvalue weighted by Crippen LogP contribution is 2.37. The van der Waals surface area contributed by atoms with Gasteiger partial charge in [0.2, 0.25) is 0 Å². The summed E-state index contributed by atoms with van der Waals surface area (Å²) in [4.78, 5) is 0. The Morgan fingerprint density at radius 2 is 2.22 bits per heavy atom. The fourth-order valence-corrected chi connectivity index (χ4v) is 2.62. The predicted molar refractivity (Wildman–Crippen MR) is 72.4 cm³/mol. The van der Waals surface area contributed by atoms with Gasteiger partial charge in [-0.2, -0.15) is 5.10 Å². The Morgan fingerprint density at radius 3 is 2.94 bits per heavy atom. The Morgan fingerprint density at radius 1 is 1.33 bits per heavy atom. The Balaban J connectivity index is 1.48. The molecule has 0 atom stereocenters. The van der Waals surface area contributed by atoms with E-state index in [9.17, 15) is 0 Å². The van der Waals surface area contributed by atoms with Crippen LogP contribution in [0.25, 0.3) is 0 Å². The standard InChI is InChI=1S/C15H19N3/c1-11-3-2-4-12(7-11)13-8-15(9-13)16-10-14-5-6-17-18-14/h2-7,13,15-16H,8-10H2,1H3,(H,17,18). The number of hydrogen-bond donors (Lipinski definition) is 2. The Bertz CT molecular complexity index is 498. The van der Waals surface area contributed by atoms with Crippen LogP contribution < -0.4 is 5.32 Å². The molecule has 1 heterocycles. The van der Waals surface area contributed by atoms with Gasteiger partial charge in [0.05, 0.1) is 0 Å². The van der Waals surface area contributed by atoms with Crippen molar-refractivity contribution in [1.29, 1.82) is 0 Å². The second-order valence-electron chi connectivity index (χ2n) is 5.24. The number of aromatic nitrogens is 2. The van der Waals surface area contributed by atoms with Crippen LogP contribution in [0.3, 0.4) is 0 Å². The molecule has 0 amide bonds. The van der Waals surface area contributed by atoms with E-state index in [2.05, 4.69) is 46.7 Å². The lowest BCUT2D eigenvalue weighted by molar-refractivity contribution is 0.288. The van der Waals surface area contributed by atoms with Crippen molar-refractivity contribution in [3.8, 4) is 0 Å². The number of H-pyrrole nitrogens is 1. The normalized spacial score (nSPS) is 22.7. The van der Waals surface area contributed by atoms with Crippen LogP contribution in [0.2, 0.25) is 0 Å². The van der Waals surface area contributed by atoms with Crippen LogP contribution in [0, 0.1) is 6.92 Å². The minimum absolute atomic E-state index is 0.652. The molecule has 3 rings (SSSR count). The zero-order chi connectivity index (χ0) is 12.4. The van der Waals surface area contributed by atoms with Crippen LogP contribution >= 0.6 is 0 Å². The molecule has 2 aromatic rings. The SMILES string of the molecule is Cc1cccc(C2CC(NCc3ccn[nH]3)C2)c1. The monoisotopic (exact) mass is 241 g/mol. The minimum Gasteiger partial charge on any atom is -0.308 e. The number of benzene rings is 1. The molecule has 0 radical (unpaired) electrons. The molecule has 3 heteroatoms. The van der Waals surface area contributed by atoms with Gasteiger partial charge in [-0.25, -0.2) is 0 Å². The number of rotatable bonds is 4. The number of aromatic amines is 1. The molecule has 0 spiro atoms. The maximum Gasteiger partial charge on any atom is 0.0490 e. The molecule has 1 aliphatic rings. The fourth-order valence-electron chi connectivity index (χ4n) is 2.62. The number of nitrogens with one attached hydrogen (secondary N) is 2. The molecule has 1 saturated carbocycles. The number of hydrogen-bond acceptors (Lipinski definition) is 2. The Hall–Kier alpha value is -1.61.